The standard InChI is InChI=1S/C46H25F6N/c47-45(48,49)44(46(50,51)52)35-21-10-9-18-32(35)43-36(44)24-25-37(53-43)28-22-23-34-40-29(28)19-11-20-33(40)41-38(26-12-3-1-4-13-26)30-16-7-8-17-31(30)39(42(34)41)27-14-5-2-6-15-27/h1-25H. The third-order valence-corrected chi connectivity index (χ3v) is 10.9. The van der Waals surface area contributed by atoms with Crippen molar-refractivity contribution in [3.8, 4) is 67.0 Å². The van der Waals surface area contributed by atoms with Crippen molar-refractivity contribution in [1.82, 2.24) is 4.98 Å². The molecule has 0 amide bonds. The van der Waals surface area contributed by atoms with Gasteiger partial charge in [-0.3, -0.25) is 0 Å². The van der Waals surface area contributed by atoms with E-state index in [1.807, 2.05) is 72.8 Å². The summed E-state index contributed by atoms with van der Waals surface area (Å²) in [5.41, 5.74) is 2.87. The van der Waals surface area contributed by atoms with Crippen molar-refractivity contribution in [2.45, 2.75) is 17.8 Å². The molecule has 2 aliphatic carbocycles. The van der Waals surface area contributed by atoms with Crippen LogP contribution in [0.25, 0.3) is 88.6 Å². The van der Waals surface area contributed by atoms with E-state index >= 15 is 0 Å². The summed E-state index contributed by atoms with van der Waals surface area (Å²) in [6.07, 6.45) is -11.3. The van der Waals surface area contributed by atoms with Crippen LogP contribution < -0.4 is 0 Å². The molecule has 10 rings (SSSR count). The van der Waals surface area contributed by atoms with Crippen LogP contribution in [0.5, 0.6) is 0 Å². The Morgan fingerprint density at radius 2 is 0.868 bits per heavy atom. The Hall–Kier alpha value is -6.21. The number of hydrogen-bond acceptors (Lipinski definition) is 1. The highest BCUT2D eigenvalue weighted by molar-refractivity contribution is 6.28. The Morgan fingerprint density at radius 3 is 1.47 bits per heavy atom. The third kappa shape index (κ3) is 4.13. The van der Waals surface area contributed by atoms with Crippen molar-refractivity contribution in [3.63, 3.8) is 0 Å². The molecule has 0 bridgehead atoms. The lowest BCUT2D eigenvalue weighted by molar-refractivity contribution is -0.287. The van der Waals surface area contributed by atoms with Crippen molar-refractivity contribution in [2.75, 3.05) is 0 Å². The molecule has 7 aromatic carbocycles. The van der Waals surface area contributed by atoms with Crippen molar-refractivity contribution >= 4 is 21.5 Å². The van der Waals surface area contributed by atoms with E-state index in [2.05, 4.69) is 47.4 Å². The van der Waals surface area contributed by atoms with E-state index in [0.29, 0.717) is 5.56 Å². The molecule has 0 atom stereocenters. The van der Waals surface area contributed by atoms with Gasteiger partial charge in [0.25, 0.3) is 0 Å². The zero-order valence-electron chi connectivity index (χ0n) is 27.6. The second-order valence-electron chi connectivity index (χ2n) is 13.6. The highest BCUT2D eigenvalue weighted by Crippen LogP contribution is 2.64. The van der Waals surface area contributed by atoms with Gasteiger partial charge in [0, 0.05) is 16.7 Å². The molecule has 0 unspecified atom stereocenters. The van der Waals surface area contributed by atoms with Crippen molar-refractivity contribution < 1.29 is 26.3 Å². The molecule has 7 heteroatoms. The predicted octanol–water partition coefficient (Wildman–Crippen LogP) is 13.4. The number of halogens is 6. The van der Waals surface area contributed by atoms with E-state index in [1.165, 1.54) is 24.3 Å². The Morgan fingerprint density at radius 1 is 0.377 bits per heavy atom. The molecule has 256 valence electrons. The fourth-order valence-electron chi connectivity index (χ4n) is 8.88. The molecule has 0 N–H and O–H groups in total. The van der Waals surface area contributed by atoms with Gasteiger partial charge in [-0.1, -0.05) is 146 Å². The first-order chi connectivity index (χ1) is 25.6. The highest BCUT2D eigenvalue weighted by atomic mass is 19.4. The smallest absolute Gasteiger partial charge is 0.247 e. The minimum Gasteiger partial charge on any atom is -0.247 e. The van der Waals surface area contributed by atoms with Gasteiger partial charge in [0.05, 0.1) is 11.4 Å². The first-order valence-corrected chi connectivity index (χ1v) is 17.1. The minimum atomic E-state index is -5.65. The molecule has 1 aromatic heterocycles. The van der Waals surface area contributed by atoms with Crippen LogP contribution in [-0.4, -0.2) is 17.3 Å². The first-order valence-electron chi connectivity index (χ1n) is 17.1. The van der Waals surface area contributed by atoms with Crippen LogP contribution in [0.15, 0.2) is 152 Å². The fourth-order valence-corrected chi connectivity index (χ4v) is 8.88. The average molecular weight is 706 g/mol. The molecular weight excluding hydrogens is 681 g/mol. The maximum atomic E-state index is 14.8. The molecule has 53 heavy (non-hydrogen) atoms. The summed E-state index contributed by atoms with van der Waals surface area (Å²) >= 11 is 0. The quantitative estimate of drug-likeness (QED) is 0.167. The largest absolute Gasteiger partial charge is 0.411 e. The molecule has 0 saturated heterocycles. The second kappa shape index (κ2) is 10.9. The van der Waals surface area contributed by atoms with Crippen molar-refractivity contribution in [1.29, 1.82) is 0 Å². The molecule has 1 nitrogen and oxygen atoms in total. The van der Waals surface area contributed by atoms with Crippen molar-refractivity contribution in [3.05, 3.63) is 163 Å². The van der Waals surface area contributed by atoms with Crippen LogP contribution in [0, 0.1) is 0 Å². The van der Waals surface area contributed by atoms with Gasteiger partial charge in [0.2, 0.25) is 5.41 Å². The number of alkyl halides is 6. The van der Waals surface area contributed by atoms with E-state index in [0.717, 1.165) is 78.2 Å². The number of pyridine rings is 1. The molecule has 1 heterocycles. The second-order valence-corrected chi connectivity index (χ2v) is 13.6. The minimum absolute atomic E-state index is 0.177. The van der Waals surface area contributed by atoms with E-state index in [-0.39, 0.29) is 17.0 Å². The molecule has 0 radical (unpaired) electrons. The normalized spacial score (nSPS) is 14.0. The zero-order chi connectivity index (χ0) is 36.3. The molecule has 0 spiro atoms. The van der Waals surface area contributed by atoms with Gasteiger partial charge in [-0.25, -0.2) is 4.98 Å². The van der Waals surface area contributed by atoms with Crippen LogP contribution in [0.2, 0.25) is 0 Å². The van der Waals surface area contributed by atoms with Crippen molar-refractivity contribution in [2.24, 2.45) is 0 Å². The van der Waals surface area contributed by atoms with Crippen LogP contribution in [0.1, 0.15) is 11.1 Å². The lowest BCUT2D eigenvalue weighted by Gasteiger charge is -2.35. The number of nitrogens with zero attached hydrogens (tertiary/aromatic N) is 1. The monoisotopic (exact) mass is 705 g/mol. The van der Waals surface area contributed by atoms with Gasteiger partial charge in [0.15, 0.2) is 0 Å². The van der Waals surface area contributed by atoms with Gasteiger partial charge in [-0.2, -0.15) is 26.3 Å². The fraction of sp³-hybridized carbons (Fsp3) is 0.0652. The zero-order valence-corrected chi connectivity index (χ0v) is 27.6. The molecule has 8 aromatic rings. The summed E-state index contributed by atoms with van der Waals surface area (Å²) in [5.74, 6) is 0. The highest BCUT2D eigenvalue weighted by Gasteiger charge is 2.75. The van der Waals surface area contributed by atoms with E-state index < -0.39 is 28.9 Å². The van der Waals surface area contributed by atoms with Gasteiger partial charge in [0.1, 0.15) is 0 Å². The summed E-state index contributed by atoms with van der Waals surface area (Å²) in [6, 6.07) is 45.8. The summed E-state index contributed by atoms with van der Waals surface area (Å²) in [4.78, 5) is 4.64. The Bertz CT molecular complexity index is 2690. The molecular formula is C46H25F6N. The van der Waals surface area contributed by atoms with Gasteiger partial charge in [-0.15, -0.1) is 0 Å². The lowest BCUT2D eigenvalue weighted by Crippen LogP contribution is -2.53. The van der Waals surface area contributed by atoms with E-state index in [9.17, 15) is 26.3 Å². The van der Waals surface area contributed by atoms with Gasteiger partial charge in [-0.05, 0) is 77.7 Å². The summed E-state index contributed by atoms with van der Waals surface area (Å²) in [5, 5.41) is 3.94. The van der Waals surface area contributed by atoms with Crippen LogP contribution in [-0.2, 0) is 5.41 Å². The number of rotatable bonds is 3. The summed E-state index contributed by atoms with van der Waals surface area (Å²) in [6.45, 7) is 0. The maximum absolute atomic E-state index is 14.8. The Kier molecular flexibility index (Phi) is 6.48. The van der Waals surface area contributed by atoms with E-state index in [4.69, 9.17) is 0 Å². The van der Waals surface area contributed by atoms with Gasteiger partial charge < -0.3 is 0 Å². The van der Waals surface area contributed by atoms with Gasteiger partial charge >= 0.3 is 12.4 Å². The lowest BCUT2D eigenvalue weighted by atomic mass is 9.77. The Balaban J connectivity index is 1.27. The first kappa shape index (κ1) is 31.5. The summed E-state index contributed by atoms with van der Waals surface area (Å²) in [7, 11) is 0. The SMILES string of the molecule is FC(F)(F)C1(C(F)(F)F)c2ccccc2-c2nc(-c3ccc4c5c(cccc35)-c3c-4c(-c4ccccc4)c4ccccc4c3-c3ccccc3)ccc21. The number of benzene rings is 7. The number of aromatic nitrogens is 1. The average Bonchev–Trinajstić information content (AvgIpc) is 3.66. The van der Waals surface area contributed by atoms with Crippen LogP contribution in [0.3, 0.4) is 0 Å². The van der Waals surface area contributed by atoms with Crippen LogP contribution in [0.4, 0.5) is 26.3 Å². The molecule has 0 fully saturated rings. The Labute approximate surface area is 299 Å². The summed E-state index contributed by atoms with van der Waals surface area (Å²) < 4.78 is 88.8. The maximum Gasteiger partial charge on any atom is 0.411 e. The third-order valence-electron chi connectivity index (χ3n) is 10.9. The molecule has 2 aliphatic rings. The van der Waals surface area contributed by atoms with Crippen LogP contribution >= 0.6 is 0 Å². The number of fused-ring (bicyclic) bond motifs is 7. The molecule has 0 aliphatic heterocycles. The number of hydrogen-bond donors (Lipinski definition) is 0. The predicted molar refractivity (Wildman–Crippen MR) is 198 cm³/mol. The van der Waals surface area contributed by atoms with E-state index in [1.54, 1.807) is 0 Å². The molecule has 0 saturated carbocycles. The topological polar surface area (TPSA) is 12.9 Å².